The summed E-state index contributed by atoms with van der Waals surface area (Å²) in [5.74, 6) is 0.341. The van der Waals surface area contributed by atoms with E-state index in [4.69, 9.17) is 0 Å². The van der Waals surface area contributed by atoms with E-state index in [0.717, 1.165) is 25.7 Å². The second-order valence-electron chi connectivity index (χ2n) is 5.55. The van der Waals surface area contributed by atoms with Crippen molar-refractivity contribution in [2.45, 2.75) is 51.1 Å². The summed E-state index contributed by atoms with van der Waals surface area (Å²) in [6.07, 6.45) is 7.00. The van der Waals surface area contributed by atoms with Gasteiger partial charge in [0.1, 0.15) is 11.6 Å². The largest absolute Gasteiger partial charge is 0.336 e. The first kappa shape index (κ1) is 13.6. The molecule has 2 rings (SSSR count). The normalized spacial score (nSPS) is 28.4. The van der Waals surface area contributed by atoms with Crippen molar-refractivity contribution in [2.75, 3.05) is 0 Å². The monoisotopic (exact) mass is 260 g/mol. The topological polar surface area (TPSA) is 70.7 Å². The molecule has 0 aromatic carbocycles. The zero-order valence-corrected chi connectivity index (χ0v) is 11.5. The highest BCUT2D eigenvalue weighted by molar-refractivity contribution is 5.81. The average molecular weight is 260 g/mol. The molecule has 0 unspecified atom stereocenters. The minimum Gasteiger partial charge on any atom is -0.336 e. The standard InChI is InChI=1S/C14H20N4O/c1-11-5-3-6-14(9-11,10-15)17-13(19)12(2)18-8-4-7-16-18/h4,7-8,11-12H,3,5-6,9H2,1-2H3,(H,17,19)/t11-,12+,14+/m0/s1. The zero-order valence-electron chi connectivity index (χ0n) is 11.5. The summed E-state index contributed by atoms with van der Waals surface area (Å²) in [4.78, 5) is 12.3. The molecule has 19 heavy (non-hydrogen) atoms. The van der Waals surface area contributed by atoms with Gasteiger partial charge in [-0.15, -0.1) is 0 Å². The Morgan fingerprint density at radius 3 is 3.05 bits per heavy atom. The van der Waals surface area contributed by atoms with Crippen molar-refractivity contribution in [3.05, 3.63) is 18.5 Å². The Morgan fingerprint density at radius 1 is 1.68 bits per heavy atom. The van der Waals surface area contributed by atoms with Crippen molar-refractivity contribution >= 4 is 5.91 Å². The third-order valence-corrected chi connectivity index (χ3v) is 3.88. The van der Waals surface area contributed by atoms with E-state index >= 15 is 0 Å². The number of rotatable bonds is 3. The molecular formula is C14H20N4O. The molecule has 5 heteroatoms. The van der Waals surface area contributed by atoms with Crippen molar-refractivity contribution in [3.63, 3.8) is 0 Å². The highest BCUT2D eigenvalue weighted by atomic mass is 16.2. The van der Waals surface area contributed by atoms with E-state index in [-0.39, 0.29) is 5.91 Å². The summed E-state index contributed by atoms with van der Waals surface area (Å²) in [5.41, 5.74) is -0.698. The van der Waals surface area contributed by atoms with Crippen LogP contribution in [0.15, 0.2) is 18.5 Å². The van der Waals surface area contributed by atoms with Gasteiger partial charge in [-0.05, 0) is 38.2 Å². The van der Waals surface area contributed by atoms with Crippen LogP contribution in [0.1, 0.15) is 45.6 Å². The summed E-state index contributed by atoms with van der Waals surface area (Å²) in [5, 5.41) is 16.4. The number of hydrogen-bond acceptors (Lipinski definition) is 3. The number of hydrogen-bond donors (Lipinski definition) is 1. The quantitative estimate of drug-likeness (QED) is 0.904. The maximum atomic E-state index is 12.3. The summed E-state index contributed by atoms with van der Waals surface area (Å²) in [6.45, 7) is 3.92. The van der Waals surface area contributed by atoms with E-state index in [1.54, 1.807) is 30.1 Å². The Balaban J connectivity index is 2.06. The number of carbonyl (C=O) groups is 1. The minimum atomic E-state index is -0.698. The molecule has 1 amide bonds. The third-order valence-electron chi connectivity index (χ3n) is 3.88. The van der Waals surface area contributed by atoms with E-state index < -0.39 is 11.6 Å². The van der Waals surface area contributed by atoms with Gasteiger partial charge in [0.15, 0.2) is 0 Å². The van der Waals surface area contributed by atoms with E-state index in [2.05, 4.69) is 23.4 Å². The van der Waals surface area contributed by atoms with Gasteiger partial charge in [-0.25, -0.2) is 0 Å². The van der Waals surface area contributed by atoms with Crippen molar-refractivity contribution in [3.8, 4) is 6.07 Å². The van der Waals surface area contributed by atoms with Gasteiger partial charge in [-0.1, -0.05) is 13.3 Å². The lowest BCUT2D eigenvalue weighted by Crippen LogP contribution is -2.51. The van der Waals surface area contributed by atoms with Crippen molar-refractivity contribution in [2.24, 2.45) is 5.92 Å². The van der Waals surface area contributed by atoms with Crippen LogP contribution in [0.5, 0.6) is 0 Å². The molecule has 1 fully saturated rings. The summed E-state index contributed by atoms with van der Waals surface area (Å²) in [6, 6.07) is 3.71. The van der Waals surface area contributed by atoms with E-state index in [1.807, 2.05) is 0 Å². The number of carbonyl (C=O) groups excluding carboxylic acids is 1. The van der Waals surface area contributed by atoms with Crippen LogP contribution in [-0.2, 0) is 4.79 Å². The van der Waals surface area contributed by atoms with Crippen molar-refractivity contribution in [1.29, 1.82) is 5.26 Å². The van der Waals surface area contributed by atoms with Crippen LogP contribution in [-0.4, -0.2) is 21.2 Å². The van der Waals surface area contributed by atoms with Crippen LogP contribution in [0.4, 0.5) is 0 Å². The fourth-order valence-corrected chi connectivity index (χ4v) is 2.76. The molecule has 0 aliphatic heterocycles. The van der Waals surface area contributed by atoms with Gasteiger partial charge in [0.2, 0.25) is 5.91 Å². The fourth-order valence-electron chi connectivity index (χ4n) is 2.76. The summed E-state index contributed by atoms with van der Waals surface area (Å²) < 4.78 is 1.60. The molecule has 5 nitrogen and oxygen atoms in total. The Labute approximate surface area is 113 Å². The first-order valence-electron chi connectivity index (χ1n) is 6.79. The molecule has 1 aromatic heterocycles. The highest BCUT2D eigenvalue weighted by Gasteiger charge is 2.37. The summed E-state index contributed by atoms with van der Waals surface area (Å²) in [7, 11) is 0. The molecule has 1 heterocycles. The van der Waals surface area contributed by atoms with Gasteiger partial charge in [-0.2, -0.15) is 10.4 Å². The first-order chi connectivity index (χ1) is 9.06. The lowest BCUT2D eigenvalue weighted by molar-refractivity contribution is -0.126. The molecule has 1 N–H and O–H groups in total. The molecular weight excluding hydrogens is 240 g/mol. The number of nitrogens with one attached hydrogen (secondary N) is 1. The Kier molecular flexibility index (Phi) is 3.89. The van der Waals surface area contributed by atoms with Gasteiger partial charge < -0.3 is 5.32 Å². The first-order valence-corrected chi connectivity index (χ1v) is 6.79. The SMILES string of the molecule is C[C@H]1CCC[C@@](C#N)(NC(=O)[C@@H](C)n2cccn2)C1. The molecule has 1 aliphatic carbocycles. The molecule has 0 radical (unpaired) electrons. The number of amides is 1. The zero-order chi connectivity index (χ0) is 13.9. The maximum absolute atomic E-state index is 12.3. The summed E-state index contributed by atoms with van der Waals surface area (Å²) >= 11 is 0. The number of nitrogens with zero attached hydrogens (tertiary/aromatic N) is 3. The Hall–Kier alpha value is -1.83. The predicted octanol–water partition coefficient (Wildman–Crippen LogP) is 2.03. The molecule has 1 saturated carbocycles. The number of aromatic nitrogens is 2. The predicted molar refractivity (Wildman–Crippen MR) is 71.1 cm³/mol. The number of nitriles is 1. The van der Waals surface area contributed by atoms with Crippen LogP contribution in [0, 0.1) is 17.2 Å². The van der Waals surface area contributed by atoms with Gasteiger partial charge in [0, 0.05) is 12.4 Å². The smallest absolute Gasteiger partial charge is 0.245 e. The molecule has 102 valence electrons. The Morgan fingerprint density at radius 2 is 2.47 bits per heavy atom. The second kappa shape index (κ2) is 5.43. The molecule has 3 atom stereocenters. The van der Waals surface area contributed by atoms with Gasteiger partial charge >= 0.3 is 0 Å². The molecule has 0 bridgehead atoms. The van der Waals surface area contributed by atoms with Crippen LogP contribution in [0.3, 0.4) is 0 Å². The molecule has 1 aromatic rings. The molecule has 0 saturated heterocycles. The van der Waals surface area contributed by atoms with Crippen LogP contribution < -0.4 is 5.32 Å². The molecule has 0 spiro atoms. The van der Waals surface area contributed by atoms with Crippen LogP contribution in [0.2, 0.25) is 0 Å². The Bertz CT molecular complexity index is 476. The van der Waals surface area contributed by atoms with E-state index in [0.29, 0.717) is 5.92 Å². The lowest BCUT2D eigenvalue weighted by atomic mass is 9.77. The van der Waals surface area contributed by atoms with Crippen LogP contribution >= 0.6 is 0 Å². The van der Waals surface area contributed by atoms with E-state index in [1.165, 1.54) is 0 Å². The maximum Gasteiger partial charge on any atom is 0.245 e. The third kappa shape index (κ3) is 2.95. The fraction of sp³-hybridized carbons (Fsp3) is 0.643. The molecule has 1 aliphatic rings. The van der Waals surface area contributed by atoms with Crippen molar-refractivity contribution in [1.82, 2.24) is 15.1 Å². The van der Waals surface area contributed by atoms with E-state index in [9.17, 15) is 10.1 Å². The van der Waals surface area contributed by atoms with Gasteiger partial charge in [0.05, 0.1) is 6.07 Å². The second-order valence-corrected chi connectivity index (χ2v) is 5.55. The van der Waals surface area contributed by atoms with Crippen molar-refractivity contribution < 1.29 is 4.79 Å². The minimum absolute atomic E-state index is 0.139. The van der Waals surface area contributed by atoms with Gasteiger partial charge in [0.25, 0.3) is 0 Å². The lowest BCUT2D eigenvalue weighted by Gasteiger charge is -2.35. The van der Waals surface area contributed by atoms with Crippen LogP contribution in [0.25, 0.3) is 0 Å². The highest BCUT2D eigenvalue weighted by Crippen LogP contribution is 2.32. The average Bonchev–Trinajstić information content (AvgIpc) is 2.91. The van der Waals surface area contributed by atoms with Gasteiger partial charge in [-0.3, -0.25) is 9.48 Å².